The molecule has 0 radical (unpaired) electrons. The molecule has 1 atom stereocenters. The number of carbonyl (C=O) groups excluding carboxylic acids is 2. The molecule has 0 spiro atoms. The largest absolute Gasteiger partial charge is 0.480 e. The Hall–Kier alpha value is -1.43. The van der Waals surface area contributed by atoms with Crippen LogP contribution in [0.3, 0.4) is 0 Å². The number of carbonyl (C=O) groups is 3. The van der Waals surface area contributed by atoms with E-state index in [-0.39, 0.29) is 24.3 Å². The summed E-state index contributed by atoms with van der Waals surface area (Å²) in [5.74, 6) is -1.33. The number of nitrogens with one attached hydrogen (secondary N) is 1. The van der Waals surface area contributed by atoms with Crippen LogP contribution in [0.2, 0.25) is 0 Å². The van der Waals surface area contributed by atoms with E-state index < -0.39 is 17.6 Å². The second-order valence-corrected chi connectivity index (χ2v) is 5.48. The van der Waals surface area contributed by atoms with Crippen molar-refractivity contribution in [3.05, 3.63) is 0 Å². The number of hydrogen-bond donors (Lipinski definition) is 2. The Morgan fingerprint density at radius 1 is 1.33 bits per heavy atom. The van der Waals surface area contributed by atoms with E-state index in [1.165, 1.54) is 4.90 Å². The lowest BCUT2D eigenvalue weighted by Crippen LogP contribution is -2.61. The molecule has 6 nitrogen and oxygen atoms in total. The van der Waals surface area contributed by atoms with Crippen molar-refractivity contribution >= 4 is 17.8 Å². The number of carboxylic acid groups (broad SMARTS) is 1. The normalized spacial score (nSPS) is 30.4. The van der Waals surface area contributed by atoms with Crippen molar-refractivity contribution in [2.75, 3.05) is 0 Å². The molecular weight excluding hydrogens is 236 g/mol. The molecule has 2 amide bonds. The van der Waals surface area contributed by atoms with Gasteiger partial charge in [0.25, 0.3) is 0 Å². The maximum Gasteiger partial charge on any atom is 0.323 e. The minimum absolute atomic E-state index is 0.0685. The van der Waals surface area contributed by atoms with Crippen LogP contribution in [0, 0.1) is 0 Å². The molecule has 1 saturated heterocycles. The van der Waals surface area contributed by atoms with Crippen molar-refractivity contribution in [3.63, 3.8) is 0 Å². The van der Waals surface area contributed by atoms with E-state index in [4.69, 9.17) is 0 Å². The quantitative estimate of drug-likeness (QED) is 0.681. The molecule has 0 aromatic heterocycles. The van der Waals surface area contributed by atoms with Crippen LogP contribution in [-0.2, 0) is 14.4 Å². The van der Waals surface area contributed by atoms with E-state index in [9.17, 15) is 19.5 Å². The summed E-state index contributed by atoms with van der Waals surface area (Å²) in [4.78, 5) is 36.4. The summed E-state index contributed by atoms with van der Waals surface area (Å²) < 4.78 is 0. The van der Waals surface area contributed by atoms with Crippen LogP contribution in [0.15, 0.2) is 0 Å². The maximum absolute atomic E-state index is 12.1. The summed E-state index contributed by atoms with van der Waals surface area (Å²) >= 11 is 0. The smallest absolute Gasteiger partial charge is 0.323 e. The number of aliphatic carboxylic acids is 1. The zero-order valence-electron chi connectivity index (χ0n) is 10.0. The third kappa shape index (κ3) is 1.63. The molecule has 1 aliphatic heterocycles. The fourth-order valence-electron chi connectivity index (χ4n) is 2.76. The van der Waals surface area contributed by atoms with Crippen LogP contribution in [0.25, 0.3) is 0 Å². The average molecular weight is 252 g/mol. The van der Waals surface area contributed by atoms with Gasteiger partial charge in [0.15, 0.2) is 0 Å². The summed E-state index contributed by atoms with van der Waals surface area (Å²) in [5, 5.41) is 12.1. The minimum atomic E-state index is -0.986. The highest BCUT2D eigenvalue weighted by Gasteiger charge is 2.52. The topological polar surface area (TPSA) is 86.7 Å². The van der Waals surface area contributed by atoms with Gasteiger partial charge < -0.3 is 5.11 Å². The number of imide groups is 1. The molecule has 2 N–H and O–H groups in total. The fourth-order valence-corrected chi connectivity index (χ4v) is 2.76. The molecular formula is C12H16N2O4. The first-order valence-corrected chi connectivity index (χ1v) is 6.40. The summed E-state index contributed by atoms with van der Waals surface area (Å²) in [5.41, 5.74) is -0.986. The highest BCUT2D eigenvalue weighted by molar-refractivity contribution is 6.06. The number of likely N-dealkylation sites (tertiary alicyclic amines) is 1. The molecule has 0 bridgehead atoms. The van der Waals surface area contributed by atoms with Crippen molar-refractivity contribution in [1.82, 2.24) is 10.2 Å². The highest BCUT2D eigenvalue weighted by Crippen LogP contribution is 2.36. The zero-order chi connectivity index (χ0) is 12.9. The molecule has 3 fully saturated rings. The number of amides is 2. The van der Waals surface area contributed by atoms with Crippen molar-refractivity contribution in [2.45, 2.75) is 56.1 Å². The lowest BCUT2D eigenvalue weighted by Gasteiger charge is -2.40. The highest BCUT2D eigenvalue weighted by atomic mass is 16.4. The standard InChI is InChI=1S/C12H16N2O4/c15-9-6-8(10(16)14(9)7-2-3-7)13-12(11(17)18)4-1-5-12/h7-8,13H,1-6H2,(H,17,18). The van der Waals surface area contributed by atoms with Crippen LogP contribution in [0.5, 0.6) is 0 Å². The van der Waals surface area contributed by atoms with Gasteiger partial charge in [-0.05, 0) is 32.1 Å². The summed E-state index contributed by atoms with van der Waals surface area (Å²) in [6, 6.07) is -0.575. The number of nitrogens with zero attached hydrogens (tertiary/aromatic N) is 1. The molecule has 98 valence electrons. The van der Waals surface area contributed by atoms with E-state index in [1.807, 2.05) is 0 Å². The van der Waals surface area contributed by atoms with Gasteiger partial charge in [0.2, 0.25) is 11.8 Å². The SMILES string of the molecule is O=C1CC(NC2(C(=O)O)CCC2)C(=O)N1C1CC1. The summed E-state index contributed by atoms with van der Waals surface area (Å²) in [7, 11) is 0. The molecule has 18 heavy (non-hydrogen) atoms. The van der Waals surface area contributed by atoms with E-state index in [0.717, 1.165) is 19.3 Å². The molecule has 0 aromatic carbocycles. The molecule has 2 saturated carbocycles. The Bertz CT molecular complexity index is 426. The van der Waals surface area contributed by atoms with Crippen molar-refractivity contribution in [3.8, 4) is 0 Å². The lowest BCUT2D eigenvalue weighted by atomic mass is 9.76. The van der Waals surface area contributed by atoms with Gasteiger partial charge >= 0.3 is 5.97 Å². The van der Waals surface area contributed by atoms with Crippen molar-refractivity contribution in [2.24, 2.45) is 0 Å². The number of carboxylic acids is 1. The first-order chi connectivity index (χ1) is 8.53. The van der Waals surface area contributed by atoms with Crippen molar-refractivity contribution in [1.29, 1.82) is 0 Å². The zero-order valence-corrected chi connectivity index (χ0v) is 10.0. The molecule has 6 heteroatoms. The Morgan fingerprint density at radius 3 is 2.44 bits per heavy atom. The van der Waals surface area contributed by atoms with Crippen LogP contribution < -0.4 is 5.32 Å². The van der Waals surface area contributed by atoms with Gasteiger partial charge in [-0.25, -0.2) is 0 Å². The Balaban J connectivity index is 1.72. The van der Waals surface area contributed by atoms with E-state index >= 15 is 0 Å². The van der Waals surface area contributed by atoms with Crippen LogP contribution in [-0.4, -0.2) is 45.4 Å². The second-order valence-electron chi connectivity index (χ2n) is 5.48. The molecule has 3 rings (SSSR count). The van der Waals surface area contributed by atoms with E-state index in [1.54, 1.807) is 0 Å². The van der Waals surface area contributed by atoms with Crippen LogP contribution >= 0.6 is 0 Å². The monoisotopic (exact) mass is 252 g/mol. The Kier molecular flexibility index (Phi) is 2.45. The van der Waals surface area contributed by atoms with E-state index in [0.29, 0.717) is 12.8 Å². The molecule has 1 heterocycles. The predicted octanol–water partition coefficient (Wildman–Crippen LogP) is -0.127. The summed E-state index contributed by atoms with van der Waals surface area (Å²) in [6.45, 7) is 0. The van der Waals surface area contributed by atoms with Crippen molar-refractivity contribution < 1.29 is 19.5 Å². The van der Waals surface area contributed by atoms with Gasteiger partial charge in [0.05, 0.1) is 12.5 Å². The van der Waals surface area contributed by atoms with Gasteiger partial charge in [0.1, 0.15) is 5.54 Å². The molecule has 1 unspecified atom stereocenters. The fraction of sp³-hybridized carbons (Fsp3) is 0.750. The predicted molar refractivity (Wildman–Crippen MR) is 60.6 cm³/mol. The molecule has 2 aliphatic carbocycles. The van der Waals surface area contributed by atoms with Crippen LogP contribution in [0.1, 0.15) is 38.5 Å². The second kappa shape index (κ2) is 3.78. The maximum atomic E-state index is 12.1. The third-order valence-corrected chi connectivity index (χ3v) is 4.16. The van der Waals surface area contributed by atoms with E-state index in [2.05, 4.69) is 5.32 Å². The van der Waals surface area contributed by atoms with Gasteiger partial charge in [-0.15, -0.1) is 0 Å². The number of rotatable bonds is 4. The van der Waals surface area contributed by atoms with Gasteiger partial charge in [-0.1, -0.05) is 0 Å². The minimum Gasteiger partial charge on any atom is -0.480 e. The van der Waals surface area contributed by atoms with Gasteiger partial charge in [-0.3, -0.25) is 24.6 Å². The Morgan fingerprint density at radius 2 is 2.00 bits per heavy atom. The first kappa shape index (κ1) is 11.6. The molecule has 3 aliphatic rings. The van der Waals surface area contributed by atoms with Gasteiger partial charge in [0, 0.05) is 6.04 Å². The molecule has 0 aromatic rings. The number of hydrogen-bond acceptors (Lipinski definition) is 4. The lowest BCUT2D eigenvalue weighted by molar-refractivity contribution is -0.149. The van der Waals surface area contributed by atoms with Crippen LogP contribution in [0.4, 0.5) is 0 Å². The third-order valence-electron chi connectivity index (χ3n) is 4.16. The Labute approximate surface area is 104 Å². The first-order valence-electron chi connectivity index (χ1n) is 6.40. The average Bonchev–Trinajstić information content (AvgIpc) is 3.01. The van der Waals surface area contributed by atoms with Gasteiger partial charge in [-0.2, -0.15) is 0 Å². The summed E-state index contributed by atoms with van der Waals surface area (Å²) in [6.07, 6.45) is 3.78.